The Kier molecular flexibility index (Phi) is 5.57. The summed E-state index contributed by atoms with van der Waals surface area (Å²) in [6.45, 7) is 4.07. The highest BCUT2D eigenvalue weighted by Gasteiger charge is 2.14. The van der Waals surface area contributed by atoms with Gasteiger partial charge in [-0.25, -0.2) is 0 Å². The Bertz CT molecular complexity index is 657. The Hall–Kier alpha value is -1.16. The lowest BCUT2D eigenvalue weighted by Crippen LogP contribution is -2.20. The highest BCUT2D eigenvalue weighted by molar-refractivity contribution is 7.84. The second kappa shape index (κ2) is 7.21. The largest absolute Gasteiger partial charge is 0.323 e. The van der Waals surface area contributed by atoms with Gasteiger partial charge in [0.25, 0.3) is 0 Å². The Balaban J connectivity index is 2.06. The Morgan fingerprint density at radius 2 is 1.90 bits per heavy atom. The predicted octanol–water partition coefficient (Wildman–Crippen LogP) is 3.91. The first-order chi connectivity index (χ1) is 9.97. The van der Waals surface area contributed by atoms with Gasteiger partial charge in [-0.15, -0.1) is 0 Å². The van der Waals surface area contributed by atoms with Gasteiger partial charge in [0.1, 0.15) is 0 Å². The molecule has 0 aliphatic rings. The van der Waals surface area contributed by atoms with Gasteiger partial charge in [-0.3, -0.25) is 4.21 Å². The lowest BCUT2D eigenvalue weighted by Gasteiger charge is -2.15. The molecule has 0 amide bonds. The molecule has 2 aromatic rings. The maximum atomic E-state index is 12.3. The molecular formula is C17H20ClNOS. The summed E-state index contributed by atoms with van der Waals surface area (Å²) in [7, 11) is -1.04. The van der Waals surface area contributed by atoms with Crippen molar-refractivity contribution in [3.63, 3.8) is 0 Å². The van der Waals surface area contributed by atoms with Crippen LogP contribution in [0.1, 0.15) is 28.3 Å². The summed E-state index contributed by atoms with van der Waals surface area (Å²) in [4.78, 5) is 0. The monoisotopic (exact) mass is 321 g/mol. The minimum Gasteiger partial charge on any atom is -0.323 e. The van der Waals surface area contributed by atoms with E-state index in [0.29, 0.717) is 16.5 Å². The Morgan fingerprint density at radius 1 is 1.19 bits per heavy atom. The van der Waals surface area contributed by atoms with Gasteiger partial charge >= 0.3 is 0 Å². The molecule has 2 N–H and O–H groups in total. The van der Waals surface area contributed by atoms with Gasteiger partial charge in [0, 0.05) is 27.6 Å². The number of nitrogens with two attached hydrogens (primary N) is 1. The average molecular weight is 322 g/mol. The fraction of sp³-hybridized carbons (Fsp3) is 0.294. The quantitative estimate of drug-likeness (QED) is 0.907. The van der Waals surface area contributed by atoms with Gasteiger partial charge < -0.3 is 5.73 Å². The van der Waals surface area contributed by atoms with Crippen LogP contribution < -0.4 is 5.73 Å². The van der Waals surface area contributed by atoms with Crippen molar-refractivity contribution in [1.82, 2.24) is 0 Å². The van der Waals surface area contributed by atoms with Crippen molar-refractivity contribution >= 4 is 22.4 Å². The van der Waals surface area contributed by atoms with Gasteiger partial charge in [0.15, 0.2) is 0 Å². The fourth-order valence-electron chi connectivity index (χ4n) is 2.30. The van der Waals surface area contributed by atoms with Crippen molar-refractivity contribution < 1.29 is 4.21 Å². The fourth-order valence-corrected chi connectivity index (χ4v) is 3.88. The molecule has 0 heterocycles. The molecule has 0 spiro atoms. The van der Waals surface area contributed by atoms with E-state index >= 15 is 0 Å². The molecule has 2 atom stereocenters. The van der Waals surface area contributed by atoms with Crippen LogP contribution in [0.2, 0.25) is 5.02 Å². The van der Waals surface area contributed by atoms with Crippen LogP contribution in [0.5, 0.6) is 0 Å². The van der Waals surface area contributed by atoms with E-state index in [2.05, 4.69) is 18.2 Å². The zero-order valence-electron chi connectivity index (χ0n) is 12.3. The molecular weight excluding hydrogens is 302 g/mol. The summed E-state index contributed by atoms with van der Waals surface area (Å²) >= 11 is 6.10. The molecule has 0 saturated carbocycles. The van der Waals surface area contributed by atoms with Crippen molar-refractivity contribution in [3.05, 3.63) is 69.7 Å². The summed E-state index contributed by atoms with van der Waals surface area (Å²) in [5.74, 6) is 0.883. The third kappa shape index (κ3) is 4.40. The summed E-state index contributed by atoms with van der Waals surface area (Å²) in [6, 6.07) is 13.5. The molecule has 0 bridgehead atoms. The molecule has 0 saturated heterocycles. The lowest BCUT2D eigenvalue weighted by molar-refractivity contribution is 0.674. The number of hydrogen-bond acceptors (Lipinski definition) is 2. The zero-order valence-corrected chi connectivity index (χ0v) is 13.9. The number of rotatable bonds is 5. The first-order valence-corrected chi connectivity index (χ1v) is 8.75. The molecule has 2 aromatic carbocycles. The van der Waals surface area contributed by atoms with Crippen LogP contribution in [0.25, 0.3) is 0 Å². The molecule has 0 aromatic heterocycles. The Labute approximate surface area is 133 Å². The van der Waals surface area contributed by atoms with Gasteiger partial charge in [-0.05, 0) is 36.6 Å². The van der Waals surface area contributed by atoms with E-state index in [4.69, 9.17) is 17.3 Å². The van der Waals surface area contributed by atoms with E-state index in [1.165, 1.54) is 5.56 Å². The summed E-state index contributed by atoms with van der Waals surface area (Å²) in [5.41, 5.74) is 10.5. The molecule has 2 rings (SSSR count). The molecule has 0 aliphatic carbocycles. The standard InChI is InChI=1S/C17H20ClNOS/c1-12-7-8-13(2)15(9-12)17(19)11-21(20)10-14-5-3-4-6-16(14)18/h3-9,17H,10-11,19H2,1-2H3. The van der Waals surface area contributed by atoms with Gasteiger partial charge in [-0.2, -0.15) is 0 Å². The summed E-state index contributed by atoms with van der Waals surface area (Å²) in [6.07, 6.45) is 0. The highest BCUT2D eigenvalue weighted by Crippen LogP contribution is 2.21. The van der Waals surface area contributed by atoms with E-state index in [1.54, 1.807) is 0 Å². The number of aryl methyl sites for hydroxylation is 2. The highest BCUT2D eigenvalue weighted by atomic mass is 35.5. The van der Waals surface area contributed by atoms with Crippen LogP contribution in [0, 0.1) is 13.8 Å². The number of halogens is 1. The van der Waals surface area contributed by atoms with Crippen molar-refractivity contribution in [1.29, 1.82) is 0 Å². The maximum absolute atomic E-state index is 12.3. The van der Waals surface area contributed by atoms with Crippen LogP contribution in [-0.2, 0) is 16.6 Å². The molecule has 112 valence electrons. The van der Waals surface area contributed by atoms with Crippen molar-refractivity contribution in [2.45, 2.75) is 25.6 Å². The Morgan fingerprint density at radius 3 is 2.62 bits per heavy atom. The van der Waals surface area contributed by atoms with E-state index in [0.717, 1.165) is 16.7 Å². The first-order valence-electron chi connectivity index (χ1n) is 6.88. The molecule has 0 fully saturated rings. The first kappa shape index (κ1) is 16.2. The molecule has 0 aliphatic heterocycles. The topological polar surface area (TPSA) is 43.1 Å². The van der Waals surface area contributed by atoms with Crippen molar-refractivity contribution in [3.8, 4) is 0 Å². The van der Waals surface area contributed by atoms with Crippen LogP contribution in [0.4, 0.5) is 0 Å². The van der Waals surface area contributed by atoms with Crippen LogP contribution in [-0.4, -0.2) is 9.96 Å². The van der Waals surface area contributed by atoms with E-state index in [1.807, 2.05) is 38.1 Å². The van der Waals surface area contributed by atoms with Crippen LogP contribution in [0.3, 0.4) is 0 Å². The minimum absolute atomic E-state index is 0.215. The van der Waals surface area contributed by atoms with E-state index in [9.17, 15) is 4.21 Å². The molecule has 21 heavy (non-hydrogen) atoms. The van der Waals surface area contributed by atoms with Crippen molar-refractivity contribution in [2.24, 2.45) is 5.73 Å². The van der Waals surface area contributed by atoms with E-state index in [-0.39, 0.29) is 6.04 Å². The molecule has 2 unspecified atom stereocenters. The summed E-state index contributed by atoms with van der Waals surface area (Å²) < 4.78 is 12.3. The van der Waals surface area contributed by atoms with E-state index < -0.39 is 10.8 Å². The smallest absolute Gasteiger partial charge is 0.0501 e. The van der Waals surface area contributed by atoms with Gasteiger partial charge in [0.2, 0.25) is 0 Å². The second-order valence-corrected chi connectivity index (χ2v) is 7.22. The molecule has 0 radical (unpaired) electrons. The van der Waals surface area contributed by atoms with Crippen LogP contribution in [0.15, 0.2) is 42.5 Å². The molecule has 2 nitrogen and oxygen atoms in total. The lowest BCUT2D eigenvalue weighted by atomic mass is 10.0. The normalized spacial score (nSPS) is 13.9. The van der Waals surface area contributed by atoms with Gasteiger partial charge in [-0.1, -0.05) is 53.6 Å². The van der Waals surface area contributed by atoms with Crippen LogP contribution >= 0.6 is 11.6 Å². The second-order valence-electron chi connectivity index (χ2n) is 5.31. The predicted molar refractivity (Wildman–Crippen MR) is 91.0 cm³/mol. The third-order valence-electron chi connectivity index (χ3n) is 3.47. The average Bonchev–Trinajstić information content (AvgIpc) is 2.44. The third-order valence-corrected chi connectivity index (χ3v) is 5.21. The summed E-state index contributed by atoms with van der Waals surface area (Å²) in [5, 5.41) is 0.658. The van der Waals surface area contributed by atoms with Crippen molar-refractivity contribution in [2.75, 3.05) is 5.75 Å². The zero-order chi connectivity index (χ0) is 15.4. The minimum atomic E-state index is -1.04. The maximum Gasteiger partial charge on any atom is 0.0501 e. The number of hydrogen-bond donors (Lipinski definition) is 1. The van der Waals surface area contributed by atoms with Gasteiger partial charge in [0.05, 0.1) is 5.75 Å². The molecule has 4 heteroatoms. The number of benzene rings is 2. The SMILES string of the molecule is Cc1ccc(C)c(C(N)CS(=O)Cc2ccccc2Cl)c1.